The molecule has 0 aliphatic carbocycles. The first kappa shape index (κ1) is 26.0. The second kappa shape index (κ2) is 7.66. The fourth-order valence-electron chi connectivity index (χ4n) is 0. The van der Waals surface area contributed by atoms with Crippen molar-refractivity contribution in [3.8, 4) is 0 Å². The largest absolute Gasteiger partial charge is 1.00 e. The molecule has 0 fully saturated rings. The van der Waals surface area contributed by atoms with E-state index in [4.69, 9.17) is 57.8 Å². The minimum atomic E-state index is -5.38. The first-order valence-corrected chi connectivity index (χ1v) is 19.7. The smallest absolute Gasteiger partial charge is 1.00 e. The maximum atomic E-state index is 5.06. The second-order valence-corrected chi connectivity index (χ2v) is 55.8. The van der Waals surface area contributed by atoms with Gasteiger partial charge in [0.25, 0.3) is 0 Å². The molecule has 53 valence electrons. The Morgan fingerprint density at radius 1 is 0.500 bits per heavy atom. The van der Waals surface area contributed by atoms with Crippen LogP contribution in [-0.4, -0.2) is 0 Å². The molecule has 0 radical (unpaired) electrons. The van der Waals surface area contributed by atoms with E-state index >= 15 is 0 Å². The van der Waals surface area contributed by atoms with Crippen LogP contribution in [0.1, 0.15) is 0 Å². The molecule has 10 heteroatoms. The van der Waals surface area contributed by atoms with Crippen LogP contribution in [0.15, 0.2) is 0 Å². The zero-order chi connectivity index (χ0) is 6.41. The van der Waals surface area contributed by atoms with Crippen molar-refractivity contribution in [1.82, 2.24) is 0 Å². The van der Waals surface area contributed by atoms with E-state index in [0.29, 0.717) is 0 Å². The maximum Gasteiger partial charge on any atom is 1.00 e. The Labute approximate surface area is 210 Å². The van der Waals surface area contributed by atoms with E-state index in [2.05, 4.69) is 0 Å². The number of hydrogen-bond acceptors (Lipinski definition) is 0. The molecule has 0 aromatic rings. The summed E-state index contributed by atoms with van der Waals surface area (Å²) >= 11 is 0. The fraction of sp³-hybridized carbons (Fsp3) is 0. The standard InChI is InChI=1S/6ClH.3K.Os/h6*1H;;;;/q;;;;;;3*+1;+3/p-6. The molecule has 0 heterocycles. The van der Waals surface area contributed by atoms with Gasteiger partial charge in [0.05, 0.1) is 0 Å². The van der Waals surface area contributed by atoms with Crippen LogP contribution in [0.25, 0.3) is 0 Å². The molecule has 0 bridgehead atoms. The normalized spacial score (nSPS) is 16.2. The van der Waals surface area contributed by atoms with Crippen molar-refractivity contribution in [2.24, 2.45) is 0 Å². The monoisotopic (exact) mass is 519 g/mol. The molecule has 0 aromatic carbocycles. The Balaban J connectivity index is -0.0000000600. The van der Waals surface area contributed by atoms with Gasteiger partial charge in [0.15, 0.2) is 0 Å². The van der Waals surface area contributed by atoms with Crippen molar-refractivity contribution in [2.45, 2.75) is 0 Å². The minimum absolute atomic E-state index is 0. The fourth-order valence-corrected chi connectivity index (χ4v) is 0. The average molecular weight is 520 g/mol. The van der Waals surface area contributed by atoms with Gasteiger partial charge in [0, 0.05) is 0 Å². The number of halogens is 6. The van der Waals surface area contributed by atoms with Crippen molar-refractivity contribution in [2.75, 3.05) is 0 Å². The van der Waals surface area contributed by atoms with E-state index in [1.54, 1.807) is 0 Å². The molecular weight excluding hydrogens is 520 g/mol. The van der Waals surface area contributed by atoms with E-state index in [1.807, 2.05) is 0 Å². The van der Waals surface area contributed by atoms with Crippen molar-refractivity contribution < 1.29 is 161 Å². The molecule has 0 amide bonds. The Kier molecular flexibility index (Phi) is 19.9. The van der Waals surface area contributed by atoms with E-state index in [-0.39, 0.29) is 154 Å². The van der Waals surface area contributed by atoms with E-state index in [9.17, 15) is 0 Å². The topological polar surface area (TPSA) is 0 Å². The van der Waals surface area contributed by atoms with Crippen molar-refractivity contribution in [3.05, 3.63) is 0 Å². The van der Waals surface area contributed by atoms with Gasteiger partial charge in [-0.15, -0.1) is 0 Å². The van der Waals surface area contributed by atoms with Crippen LogP contribution in [0, 0.1) is 0 Å². The molecule has 0 spiro atoms. The molecule has 0 nitrogen and oxygen atoms in total. The maximum absolute atomic E-state index is 5.38. The summed E-state index contributed by atoms with van der Waals surface area (Å²) in [7, 11) is 30.4. The van der Waals surface area contributed by atoms with Crippen LogP contribution in [0.2, 0.25) is 0 Å². The molecule has 0 aromatic heterocycles. The Morgan fingerprint density at radius 3 is 0.500 bits per heavy atom. The molecule has 0 unspecified atom stereocenters. The van der Waals surface area contributed by atoms with Gasteiger partial charge < -0.3 is 0 Å². The van der Waals surface area contributed by atoms with Crippen LogP contribution in [0.4, 0.5) is 0 Å². The summed E-state index contributed by atoms with van der Waals surface area (Å²) < 4.78 is 0. The van der Waals surface area contributed by atoms with Gasteiger partial charge in [-0.3, -0.25) is 0 Å². The predicted molar refractivity (Wildman–Crippen MR) is 35.1 cm³/mol. The number of rotatable bonds is 0. The first-order chi connectivity index (χ1) is 2.45. The van der Waals surface area contributed by atoms with Crippen molar-refractivity contribution in [3.63, 3.8) is 0 Å². The van der Waals surface area contributed by atoms with Gasteiger partial charge in [-0.1, -0.05) is 0 Å². The third-order valence-corrected chi connectivity index (χ3v) is 0. The Morgan fingerprint density at radius 2 is 0.500 bits per heavy atom. The second-order valence-electron chi connectivity index (χ2n) is 0.758. The Bertz CT molecular complexity index is 71.6. The third kappa shape index (κ3) is 58.8. The summed E-state index contributed by atoms with van der Waals surface area (Å²) in [6.07, 6.45) is 0. The van der Waals surface area contributed by atoms with Crippen LogP contribution in [0.5, 0.6) is 0 Å². The zero-order valence-corrected chi connectivity index (χ0v) is 22.1. The summed E-state index contributed by atoms with van der Waals surface area (Å²) in [4.78, 5) is 0. The average Bonchev–Trinajstić information content (AvgIpc) is 0.592. The summed E-state index contributed by atoms with van der Waals surface area (Å²) in [5, 5.41) is 0. The van der Waals surface area contributed by atoms with E-state index < -0.39 is 6.64 Å². The molecule has 0 saturated carbocycles. The van der Waals surface area contributed by atoms with Gasteiger partial charge >= 0.3 is 219 Å². The van der Waals surface area contributed by atoms with Crippen LogP contribution >= 0.6 is 57.8 Å². The predicted octanol–water partition coefficient (Wildman–Crippen LogP) is -4.85. The molecule has 10 heavy (non-hydrogen) atoms. The van der Waals surface area contributed by atoms with Gasteiger partial charge in [-0.05, 0) is 0 Å². The number of hydrogen-bond donors (Lipinski definition) is 0. The van der Waals surface area contributed by atoms with Crippen LogP contribution < -0.4 is 154 Å². The quantitative estimate of drug-likeness (QED) is 0.282. The SMILES string of the molecule is [Cl][Os-3]([Cl])([Cl])([Cl])([Cl])[Cl].[K+].[K+].[K+]. The van der Waals surface area contributed by atoms with E-state index in [0.717, 1.165) is 0 Å². The summed E-state index contributed by atoms with van der Waals surface area (Å²) in [6.45, 7) is -5.38. The zero-order valence-electron chi connectivity index (χ0n) is 5.62. The van der Waals surface area contributed by atoms with Gasteiger partial charge in [0.2, 0.25) is 0 Å². The molecule has 0 aliphatic heterocycles. The van der Waals surface area contributed by atoms with Gasteiger partial charge in [0.1, 0.15) is 0 Å². The third-order valence-electron chi connectivity index (χ3n) is 0. The summed E-state index contributed by atoms with van der Waals surface area (Å²) in [5.74, 6) is 0. The molecule has 0 saturated heterocycles. The van der Waals surface area contributed by atoms with Crippen molar-refractivity contribution in [1.29, 1.82) is 0 Å². The molecule has 0 atom stereocenters. The van der Waals surface area contributed by atoms with Gasteiger partial charge in [-0.2, -0.15) is 0 Å². The van der Waals surface area contributed by atoms with E-state index in [1.165, 1.54) is 0 Å². The first-order valence-electron chi connectivity index (χ1n) is 0.802. The van der Waals surface area contributed by atoms with Gasteiger partial charge in [-0.25, -0.2) is 0 Å². The van der Waals surface area contributed by atoms with Crippen LogP contribution in [-0.2, 0) is 6.64 Å². The van der Waals surface area contributed by atoms with Crippen LogP contribution in [0.3, 0.4) is 0 Å². The molecule has 0 aliphatic rings. The molecule has 0 rings (SSSR count). The minimum Gasteiger partial charge on any atom is 1.00 e. The molecular formula is Cl6K3Os. The molecule has 0 N–H and O–H groups in total. The summed E-state index contributed by atoms with van der Waals surface area (Å²) in [5.41, 5.74) is 0. The Hall–Kier alpha value is 7.29. The van der Waals surface area contributed by atoms with Crippen molar-refractivity contribution >= 4 is 57.8 Å². The summed E-state index contributed by atoms with van der Waals surface area (Å²) in [6, 6.07) is 0.